The first-order chi connectivity index (χ1) is 16.5. The number of fused-ring (bicyclic) bond motifs is 5. The van der Waals surface area contributed by atoms with Crippen LogP contribution in [0.15, 0.2) is 0 Å². The van der Waals surface area contributed by atoms with Crippen molar-refractivity contribution in [2.75, 3.05) is 20.2 Å². The number of hydrogen-bond donors (Lipinski definition) is 0. The Labute approximate surface area is 211 Å². The molecule has 6 heteroatoms. The molecule has 0 N–H and O–H groups in total. The first kappa shape index (κ1) is 26.5. The second-order valence-corrected chi connectivity index (χ2v) is 13.0. The Morgan fingerprint density at radius 3 is 2.31 bits per heavy atom. The van der Waals surface area contributed by atoms with Crippen LogP contribution < -0.4 is 0 Å². The van der Waals surface area contributed by atoms with Crippen LogP contribution in [-0.2, 0) is 19.1 Å². The van der Waals surface area contributed by atoms with E-state index in [-0.39, 0.29) is 35.9 Å². The van der Waals surface area contributed by atoms with Crippen molar-refractivity contribution in [3.05, 3.63) is 0 Å². The first-order valence-electron chi connectivity index (χ1n) is 14.1. The van der Waals surface area contributed by atoms with E-state index in [1.165, 1.54) is 32.1 Å². The molecule has 8 atom stereocenters. The lowest BCUT2D eigenvalue weighted by Gasteiger charge is -2.61. The maximum atomic E-state index is 12.4. The van der Waals surface area contributed by atoms with Crippen molar-refractivity contribution >= 4 is 17.8 Å². The van der Waals surface area contributed by atoms with E-state index in [2.05, 4.69) is 13.8 Å². The lowest BCUT2D eigenvalue weighted by molar-refractivity contribution is -0.140. The zero-order valence-corrected chi connectivity index (χ0v) is 22.8. The number of rotatable bonds is 6. The molecule has 0 spiro atoms. The standard InChI is InChI=1S/C29H47NO5/c1-18(2)26(32)30(6)15-16-34-27(33)35-21-11-13-28(4)20(17-21)7-8-22-24-10-9-23(19(3)31)29(24,5)14-12-25(22)28/h18,20-25H,7-17H2,1-6H3/t20-,21+,22-,23+,24-,25-,28-,29+/m0/s1. The minimum absolute atomic E-state index is 0.0431. The maximum Gasteiger partial charge on any atom is 0.508 e. The highest BCUT2D eigenvalue weighted by Gasteiger charge is 2.61. The topological polar surface area (TPSA) is 72.9 Å². The van der Waals surface area contributed by atoms with Crippen LogP contribution in [0.5, 0.6) is 0 Å². The second kappa shape index (κ2) is 10.0. The number of carbonyl (C=O) groups is 3. The van der Waals surface area contributed by atoms with Crippen LogP contribution in [0.1, 0.15) is 92.4 Å². The van der Waals surface area contributed by atoms with Gasteiger partial charge in [-0.05, 0) is 99.2 Å². The molecule has 0 aliphatic heterocycles. The Kier molecular flexibility index (Phi) is 7.60. The van der Waals surface area contributed by atoms with Crippen LogP contribution in [0.25, 0.3) is 0 Å². The van der Waals surface area contributed by atoms with E-state index in [4.69, 9.17) is 9.47 Å². The number of hydrogen-bond acceptors (Lipinski definition) is 5. The fourth-order valence-electron chi connectivity index (χ4n) is 8.98. The van der Waals surface area contributed by atoms with Gasteiger partial charge < -0.3 is 14.4 Å². The highest BCUT2D eigenvalue weighted by molar-refractivity contribution is 5.79. The third-order valence-electron chi connectivity index (χ3n) is 10.9. The number of carbonyl (C=O) groups excluding carboxylic acids is 3. The number of ketones is 1. The predicted molar refractivity (Wildman–Crippen MR) is 135 cm³/mol. The van der Waals surface area contributed by atoms with Crippen molar-refractivity contribution in [1.82, 2.24) is 4.90 Å². The van der Waals surface area contributed by atoms with Gasteiger partial charge in [0.2, 0.25) is 5.91 Å². The third kappa shape index (κ3) is 4.87. The lowest BCUT2D eigenvalue weighted by Crippen LogP contribution is -2.54. The summed E-state index contributed by atoms with van der Waals surface area (Å²) < 4.78 is 11.0. The minimum Gasteiger partial charge on any atom is -0.432 e. The zero-order chi connectivity index (χ0) is 25.5. The molecule has 0 aromatic carbocycles. The molecule has 4 fully saturated rings. The molecule has 198 valence electrons. The van der Waals surface area contributed by atoms with Gasteiger partial charge in [-0.2, -0.15) is 0 Å². The van der Waals surface area contributed by atoms with Gasteiger partial charge in [0.05, 0.1) is 6.54 Å². The molecule has 35 heavy (non-hydrogen) atoms. The van der Waals surface area contributed by atoms with Gasteiger partial charge in [-0.25, -0.2) is 4.79 Å². The summed E-state index contributed by atoms with van der Waals surface area (Å²) in [7, 11) is 1.73. The summed E-state index contributed by atoms with van der Waals surface area (Å²) in [5, 5.41) is 0. The summed E-state index contributed by atoms with van der Waals surface area (Å²) in [6.45, 7) is 11.0. The van der Waals surface area contributed by atoms with Crippen molar-refractivity contribution in [3.63, 3.8) is 0 Å². The van der Waals surface area contributed by atoms with Crippen LogP contribution in [0.2, 0.25) is 0 Å². The molecule has 1 amide bonds. The van der Waals surface area contributed by atoms with E-state index >= 15 is 0 Å². The summed E-state index contributed by atoms with van der Waals surface area (Å²) in [6, 6.07) is 0. The molecule has 0 heterocycles. The van der Waals surface area contributed by atoms with Crippen LogP contribution in [0.3, 0.4) is 0 Å². The van der Waals surface area contributed by atoms with Crippen molar-refractivity contribution in [1.29, 1.82) is 0 Å². The van der Waals surface area contributed by atoms with Gasteiger partial charge in [0.1, 0.15) is 18.5 Å². The average Bonchev–Trinajstić information content (AvgIpc) is 3.16. The summed E-state index contributed by atoms with van der Waals surface area (Å²) in [6.07, 6.45) is 9.43. The summed E-state index contributed by atoms with van der Waals surface area (Å²) in [5.41, 5.74) is 0.510. The van der Waals surface area contributed by atoms with Crippen molar-refractivity contribution in [2.45, 2.75) is 98.5 Å². The normalized spacial score (nSPS) is 40.3. The molecule has 0 aromatic heterocycles. The van der Waals surface area contributed by atoms with E-state index in [9.17, 15) is 14.4 Å². The van der Waals surface area contributed by atoms with Gasteiger partial charge in [-0.15, -0.1) is 0 Å². The quantitative estimate of drug-likeness (QED) is 0.436. The Balaban J connectivity index is 1.30. The molecule has 6 nitrogen and oxygen atoms in total. The molecule has 4 saturated carbocycles. The molecule has 0 unspecified atom stereocenters. The van der Waals surface area contributed by atoms with Gasteiger partial charge >= 0.3 is 6.16 Å². The number of likely N-dealkylation sites (N-methyl/N-ethyl adjacent to an activating group) is 1. The van der Waals surface area contributed by atoms with Crippen molar-refractivity contribution in [3.8, 4) is 0 Å². The molecule has 4 aliphatic rings. The Morgan fingerprint density at radius 1 is 0.943 bits per heavy atom. The fraction of sp³-hybridized carbons (Fsp3) is 0.897. The average molecular weight is 490 g/mol. The monoisotopic (exact) mass is 489 g/mol. The minimum atomic E-state index is -0.604. The fourth-order valence-corrected chi connectivity index (χ4v) is 8.98. The van der Waals surface area contributed by atoms with Crippen molar-refractivity contribution in [2.24, 2.45) is 46.3 Å². The predicted octanol–water partition coefficient (Wildman–Crippen LogP) is 5.87. The van der Waals surface area contributed by atoms with Crippen LogP contribution in [0, 0.1) is 46.3 Å². The summed E-state index contributed by atoms with van der Waals surface area (Å²) >= 11 is 0. The largest absolute Gasteiger partial charge is 0.508 e. The number of ether oxygens (including phenoxy) is 2. The molecule has 0 bridgehead atoms. The van der Waals surface area contributed by atoms with E-state index in [0.717, 1.165) is 37.5 Å². The van der Waals surface area contributed by atoms with Crippen LogP contribution in [0.4, 0.5) is 4.79 Å². The van der Waals surface area contributed by atoms with E-state index in [1.807, 2.05) is 13.8 Å². The number of nitrogens with zero attached hydrogens (tertiary/aromatic N) is 1. The van der Waals surface area contributed by atoms with E-state index in [1.54, 1.807) is 18.9 Å². The van der Waals surface area contributed by atoms with Gasteiger partial charge in [-0.3, -0.25) is 9.59 Å². The van der Waals surface area contributed by atoms with Gasteiger partial charge in [-0.1, -0.05) is 27.7 Å². The molecular weight excluding hydrogens is 442 g/mol. The Bertz CT molecular complexity index is 826. The molecule has 4 aliphatic carbocycles. The van der Waals surface area contributed by atoms with E-state index in [0.29, 0.717) is 29.6 Å². The SMILES string of the molecule is CC(=O)[C@H]1CC[C@H]2[C@@H]3CC[C@H]4C[C@H](OC(=O)OCCN(C)C(=O)C(C)C)CC[C@]4(C)[C@H]3CC[C@]12C. The van der Waals surface area contributed by atoms with Gasteiger partial charge in [0.15, 0.2) is 0 Å². The lowest BCUT2D eigenvalue weighted by atomic mass is 9.44. The van der Waals surface area contributed by atoms with Gasteiger partial charge in [0, 0.05) is 18.9 Å². The van der Waals surface area contributed by atoms with Crippen LogP contribution in [-0.4, -0.2) is 49.0 Å². The van der Waals surface area contributed by atoms with Crippen LogP contribution >= 0.6 is 0 Å². The van der Waals surface area contributed by atoms with Gasteiger partial charge in [0.25, 0.3) is 0 Å². The maximum absolute atomic E-state index is 12.4. The summed E-state index contributed by atoms with van der Waals surface area (Å²) in [5.74, 6) is 3.38. The first-order valence-corrected chi connectivity index (χ1v) is 14.1. The molecule has 0 aromatic rings. The Hall–Kier alpha value is -1.59. The highest BCUT2D eigenvalue weighted by atomic mass is 16.7. The molecular formula is C29H47NO5. The number of amides is 1. The Morgan fingerprint density at radius 2 is 1.63 bits per heavy atom. The number of Topliss-reactive ketones (excluding diaryl/α,β-unsaturated/α-hetero) is 1. The van der Waals surface area contributed by atoms with Crippen molar-refractivity contribution < 1.29 is 23.9 Å². The summed E-state index contributed by atoms with van der Waals surface area (Å²) in [4.78, 5) is 38.3. The molecule has 0 saturated heterocycles. The second-order valence-electron chi connectivity index (χ2n) is 13.0. The zero-order valence-electron chi connectivity index (χ0n) is 22.8. The third-order valence-corrected chi connectivity index (χ3v) is 10.9. The smallest absolute Gasteiger partial charge is 0.432 e. The van der Waals surface area contributed by atoms with E-state index < -0.39 is 6.16 Å². The highest BCUT2D eigenvalue weighted by Crippen LogP contribution is 2.67. The molecule has 0 radical (unpaired) electrons. The molecule has 4 rings (SSSR count).